The number of hydrogen-bond acceptors (Lipinski definition) is 4. The fourth-order valence-electron chi connectivity index (χ4n) is 2.33. The molecule has 128 valence electrons. The first-order valence-corrected chi connectivity index (χ1v) is 7.82. The second-order valence-corrected chi connectivity index (χ2v) is 6.83. The lowest BCUT2D eigenvalue weighted by Gasteiger charge is -2.21. The summed E-state index contributed by atoms with van der Waals surface area (Å²) in [5.41, 5.74) is 2.81. The summed E-state index contributed by atoms with van der Waals surface area (Å²) in [5, 5.41) is 25.8. The highest BCUT2D eigenvalue weighted by atomic mass is 16.3. The molecular formula is C19H24N2O3. The summed E-state index contributed by atoms with van der Waals surface area (Å²) >= 11 is 0. The number of amides is 1. The van der Waals surface area contributed by atoms with Crippen LogP contribution < -0.4 is 10.6 Å². The minimum Gasteiger partial charge on any atom is -0.506 e. The van der Waals surface area contributed by atoms with Crippen LogP contribution in [0.2, 0.25) is 0 Å². The summed E-state index contributed by atoms with van der Waals surface area (Å²) in [4.78, 5) is 11.0. The second-order valence-electron chi connectivity index (χ2n) is 6.83. The maximum absolute atomic E-state index is 11.0. The van der Waals surface area contributed by atoms with Crippen molar-refractivity contribution in [2.75, 3.05) is 10.6 Å². The third-order valence-corrected chi connectivity index (χ3v) is 3.70. The van der Waals surface area contributed by atoms with E-state index in [4.69, 9.17) is 0 Å². The van der Waals surface area contributed by atoms with Crippen molar-refractivity contribution >= 4 is 17.3 Å². The van der Waals surface area contributed by atoms with Gasteiger partial charge in [0.2, 0.25) is 5.91 Å². The van der Waals surface area contributed by atoms with Gasteiger partial charge in [-0.1, -0.05) is 45.0 Å². The third-order valence-electron chi connectivity index (χ3n) is 3.70. The highest BCUT2D eigenvalue weighted by Gasteiger charge is 2.15. The van der Waals surface area contributed by atoms with Crippen LogP contribution in [0.1, 0.15) is 45.0 Å². The number of carbonyl (C=O) groups excluding carboxylic acids is 1. The Morgan fingerprint density at radius 3 is 2.21 bits per heavy atom. The predicted octanol–water partition coefficient (Wildman–Crippen LogP) is 3.75. The fraction of sp³-hybridized carbons (Fsp3) is 0.316. The summed E-state index contributed by atoms with van der Waals surface area (Å²) < 4.78 is 0. The number of phenols is 1. The molecule has 0 aromatic heterocycles. The molecule has 2 aromatic carbocycles. The van der Waals surface area contributed by atoms with Crippen LogP contribution in [0.15, 0.2) is 42.5 Å². The third kappa shape index (κ3) is 4.49. The molecule has 2 aromatic rings. The maximum Gasteiger partial charge on any atom is 0.221 e. The van der Waals surface area contributed by atoms with E-state index in [1.165, 1.54) is 18.6 Å². The molecule has 4 N–H and O–H groups in total. The van der Waals surface area contributed by atoms with Crippen LogP contribution in [0, 0.1) is 0 Å². The van der Waals surface area contributed by atoms with Gasteiger partial charge >= 0.3 is 0 Å². The van der Waals surface area contributed by atoms with E-state index in [1.54, 1.807) is 12.1 Å². The number of hydrogen-bond donors (Lipinski definition) is 4. The van der Waals surface area contributed by atoms with Crippen molar-refractivity contribution in [3.05, 3.63) is 53.6 Å². The number of phenolic OH excluding ortho intramolecular Hbond substituents is 1. The van der Waals surface area contributed by atoms with Crippen molar-refractivity contribution in [1.29, 1.82) is 0 Å². The van der Waals surface area contributed by atoms with Crippen LogP contribution in [0.4, 0.5) is 11.4 Å². The summed E-state index contributed by atoms with van der Waals surface area (Å²) in [6, 6.07) is 12.4. The van der Waals surface area contributed by atoms with Crippen LogP contribution in [-0.4, -0.2) is 16.1 Å². The number of aliphatic hydroxyl groups is 1. The number of carbonyl (C=O) groups is 1. The molecule has 0 aliphatic carbocycles. The molecule has 0 bridgehead atoms. The van der Waals surface area contributed by atoms with E-state index >= 15 is 0 Å². The normalized spacial score (nSPS) is 12.5. The molecule has 0 saturated carbocycles. The van der Waals surface area contributed by atoms with Crippen molar-refractivity contribution in [1.82, 2.24) is 0 Å². The lowest BCUT2D eigenvalue weighted by molar-refractivity contribution is -0.114. The topological polar surface area (TPSA) is 81.6 Å². The molecule has 5 nitrogen and oxygen atoms in total. The monoisotopic (exact) mass is 328 g/mol. The van der Waals surface area contributed by atoms with Gasteiger partial charge in [0, 0.05) is 24.2 Å². The SMILES string of the molecule is CC(=O)Nc1ccc(NC(O)c2ccc(C(C)(C)C)cc2)c(O)c1. The quantitative estimate of drug-likeness (QED) is 0.509. The molecule has 0 aliphatic rings. The summed E-state index contributed by atoms with van der Waals surface area (Å²) in [6.45, 7) is 7.79. The number of aromatic hydroxyl groups is 1. The van der Waals surface area contributed by atoms with Crippen LogP contribution in [0.25, 0.3) is 0 Å². The first kappa shape index (κ1) is 17.8. The lowest BCUT2D eigenvalue weighted by Crippen LogP contribution is -2.13. The van der Waals surface area contributed by atoms with Gasteiger partial charge in [0.15, 0.2) is 6.23 Å². The summed E-state index contributed by atoms with van der Waals surface area (Å²) in [5.74, 6) is -0.263. The first-order chi connectivity index (χ1) is 11.2. The van der Waals surface area contributed by atoms with E-state index in [1.807, 2.05) is 24.3 Å². The Labute approximate surface area is 142 Å². The Kier molecular flexibility index (Phi) is 5.14. The van der Waals surface area contributed by atoms with Gasteiger partial charge in [-0.3, -0.25) is 4.79 Å². The molecule has 1 amide bonds. The standard InChI is InChI=1S/C19H24N2O3/c1-12(22)20-15-9-10-16(17(23)11-15)21-18(24)13-5-7-14(8-6-13)19(2,3)4/h5-11,18,21,23-24H,1-4H3,(H,20,22). The minimum absolute atomic E-state index is 0.0494. The Morgan fingerprint density at radius 2 is 1.71 bits per heavy atom. The van der Waals surface area contributed by atoms with E-state index in [0.29, 0.717) is 16.9 Å². The zero-order chi connectivity index (χ0) is 17.9. The van der Waals surface area contributed by atoms with Gasteiger partial charge in [-0.05, 0) is 23.1 Å². The average Bonchev–Trinajstić information content (AvgIpc) is 2.48. The van der Waals surface area contributed by atoms with Crippen molar-refractivity contribution in [3.8, 4) is 5.75 Å². The predicted molar refractivity (Wildman–Crippen MR) is 96.1 cm³/mol. The smallest absolute Gasteiger partial charge is 0.221 e. The van der Waals surface area contributed by atoms with E-state index in [-0.39, 0.29) is 17.1 Å². The van der Waals surface area contributed by atoms with Crippen LogP contribution in [0.3, 0.4) is 0 Å². The maximum atomic E-state index is 11.0. The van der Waals surface area contributed by atoms with Gasteiger partial charge in [0.05, 0.1) is 5.69 Å². The molecule has 0 fully saturated rings. The van der Waals surface area contributed by atoms with Crippen molar-refractivity contribution in [2.45, 2.75) is 39.3 Å². The number of nitrogens with one attached hydrogen (secondary N) is 2. The average molecular weight is 328 g/mol. The molecule has 24 heavy (non-hydrogen) atoms. The number of aliphatic hydroxyl groups excluding tert-OH is 1. The molecule has 0 aliphatic heterocycles. The van der Waals surface area contributed by atoms with Crippen molar-refractivity contribution in [2.24, 2.45) is 0 Å². The second kappa shape index (κ2) is 6.93. The van der Waals surface area contributed by atoms with E-state index in [9.17, 15) is 15.0 Å². The van der Waals surface area contributed by atoms with Gasteiger partial charge in [-0.25, -0.2) is 0 Å². The molecule has 2 rings (SSSR count). The molecule has 0 spiro atoms. The van der Waals surface area contributed by atoms with E-state index in [2.05, 4.69) is 31.4 Å². The van der Waals surface area contributed by atoms with Gasteiger partial charge in [0.1, 0.15) is 5.75 Å². The summed E-state index contributed by atoms with van der Waals surface area (Å²) in [6.07, 6.45) is -0.948. The van der Waals surface area contributed by atoms with Gasteiger partial charge in [-0.15, -0.1) is 0 Å². The molecule has 5 heteroatoms. The Bertz CT molecular complexity index is 718. The highest BCUT2D eigenvalue weighted by Crippen LogP contribution is 2.30. The highest BCUT2D eigenvalue weighted by molar-refractivity contribution is 5.89. The molecule has 0 saturated heterocycles. The van der Waals surface area contributed by atoms with Crippen molar-refractivity contribution in [3.63, 3.8) is 0 Å². The Morgan fingerprint density at radius 1 is 1.08 bits per heavy atom. The summed E-state index contributed by atoms with van der Waals surface area (Å²) in [7, 11) is 0. The molecular weight excluding hydrogens is 304 g/mol. The lowest BCUT2D eigenvalue weighted by atomic mass is 9.86. The van der Waals surface area contributed by atoms with Gasteiger partial charge < -0.3 is 20.8 Å². The van der Waals surface area contributed by atoms with Crippen LogP contribution in [-0.2, 0) is 10.2 Å². The largest absolute Gasteiger partial charge is 0.506 e. The number of benzene rings is 2. The molecule has 1 atom stereocenters. The van der Waals surface area contributed by atoms with Gasteiger partial charge in [0.25, 0.3) is 0 Å². The Hall–Kier alpha value is -2.53. The minimum atomic E-state index is -0.948. The number of anilines is 2. The van der Waals surface area contributed by atoms with Gasteiger partial charge in [-0.2, -0.15) is 0 Å². The molecule has 0 radical (unpaired) electrons. The fourth-order valence-corrected chi connectivity index (χ4v) is 2.33. The zero-order valence-electron chi connectivity index (χ0n) is 14.4. The zero-order valence-corrected chi connectivity index (χ0v) is 14.4. The van der Waals surface area contributed by atoms with Crippen LogP contribution >= 0.6 is 0 Å². The van der Waals surface area contributed by atoms with E-state index in [0.717, 1.165) is 0 Å². The number of rotatable bonds is 4. The van der Waals surface area contributed by atoms with Crippen LogP contribution in [0.5, 0.6) is 5.75 Å². The van der Waals surface area contributed by atoms with Crippen molar-refractivity contribution < 1.29 is 15.0 Å². The Balaban J connectivity index is 2.11. The van der Waals surface area contributed by atoms with E-state index < -0.39 is 6.23 Å². The molecule has 1 unspecified atom stereocenters. The first-order valence-electron chi connectivity index (χ1n) is 7.82. The molecule has 0 heterocycles.